The van der Waals surface area contributed by atoms with Gasteiger partial charge in [0.1, 0.15) is 0 Å². The van der Waals surface area contributed by atoms with E-state index in [-0.39, 0.29) is 12.0 Å². The molecule has 2 unspecified atom stereocenters. The number of carbonyl (C=O) groups excluding carboxylic acids is 1. The van der Waals surface area contributed by atoms with Crippen molar-refractivity contribution in [3.8, 4) is 0 Å². The first-order chi connectivity index (χ1) is 9.08. The Morgan fingerprint density at radius 1 is 1.37 bits per heavy atom. The van der Waals surface area contributed by atoms with Gasteiger partial charge in [-0.1, -0.05) is 39.0 Å². The molecule has 1 aliphatic heterocycles. The molecular formula is C15H30N2O2. The highest BCUT2D eigenvalue weighted by atomic mass is 16.5. The first kappa shape index (κ1) is 16.4. The van der Waals surface area contributed by atoms with Crippen LogP contribution in [-0.4, -0.2) is 30.7 Å². The molecule has 1 rings (SSSR count). The monoisotopic (exact) mass is 270 g/mol. The van der Waals surface area contributed by atoms with Crippen LogP contribution >= 0.6 is 0 Å². The van der Waals surface area contributed by atoms with Gasteiger partial charge in [0.15, 0.2) is 0 Å². The van der Waals surface area contributed by atoms with E-state index in [0.717, 1.165) is 38.8 Å². The Hall–Kier alpha value is -0.610. The quantitative estimate of drug-likeness (QED) is 0.599. The average Bonchev–Trinajstić information content (AvgIpc) is 2.89. The lowest BCUT2D eigenvalue weighted by atomic mass is 9.92. The van der Waals surface area contributed by atoms with Gasteiger partial charge in [0, 0.05) is 13.2 Å². The molecule has 0 bridgehead atoms. The van der Waals surface area contributed by atoms with Crippen molar-refractivity contribution in [1.29, 1.82) is 0 Å². The summed E-state index contributed by atoms with van der Waals surface area (Å²) in [6, 6.07) is 0. The third-order valence-electron chi connectivity index (χ3n) is 4.07. The summed E-state index contributed by atoms with van der Waals surface area (Å²) in [4.78, 5) is 11.7. The first-order valence-corrected chi connectivity index (χ1v) is 7.75. The lowest BCUT2D eigenvalue weighted by Crippen LogP contribution is -2.54. The van der Waals surface area contributed by atoms with Crippen molar-refractivity contribution in [3.63, 3.8) is 0 Å². The van der Waals surface area contributed by atoms with Gasteiger partial charge in [-0.3, -0.25) is 4.79 Å². The maximum atomic E-state index is 11.7. The summed E-state index contributed by atoms with van der Waals surface area (Å²) in [5.74, 6) is -0.249. The Bertz CT molecular complexity index is 265. The van der Waals surface area contributed by atoms with Gasteiger partial charge in [-0.05, 0) is 26.2 Å². The minimum atomic E-state index is -0.585. The van der Waals surface area contributed by atoms with E-state index in [4.69, 9.17) is 10.5 Å². The van der Waals surface area contributed by atoms with Crippen LogP contribution in [0.2, 0.25) is 0 Å². The highest BCUT2D eigenvalue weighted by Crippen LogP contribution is 2.17. The van der Waals surface area contributed by atoms with Gasteiger partial charge in [0.05, 0.1) is 11.6 Å². The zero-order valence-corrected chi connectivity index (χ0v) is 12.5. The Morgan fingerprint density at radius 3 is 2.68 bits per heavy atom. The van der Waals surface area contributed by atoms with Crippen LogP contribution in [0.15, 0.2) is 0 Å². The molecule has 0 aromatic carbocycles. The highest BCUT2D eigenvalue weighted by molar-refractivity contribution is 5.84. The van der Waals surface area contributed by atoms with Crippen LogP contribution in [0.4, 0.5) is 0 Å². The Morgan fingerprint density at radius 2 is 2.11 bits per heavy atom. The molecule has 1 aliphatic rings. The predicted molar refractivity (Wildman–Crippen MR) is 78.0 cm³/mol. The van der Waals surface area contributed by atoms with Crippen molar-refractivity contribution in [3.05, 3.63) is 0 Å². The van der Waals surface area contributed by atoms with Crippen LogP contribution in [0.3, 0.4) is 0 Å². The number of rotatable bonds is 10. The summed E-state index contributed by atoms with van der Waals surface area (Å²) in [5, 5.41) is 3.33. The van der Waals surface area contributed by atoms with Crippen LogP contribution in [0, 0.1) is 0 Å². The van der Waals surface area contributed by atoms with Crippen molar-refractivity contribution in [2.45, 2.75) is 76.9 Å². The van der Waals surface area contributed by atoms with E-state index in [1.54, 1.807) is 0 Å². The number of unbranched alkanes of at least 4 members (excludes halogenated alkanes) is 4. The van der Waals surface area contributed by atoms with E-state index in [1.165, 1.54) is 25.7 Å². The van der Waals surface area contributed by atoms with Crippen molar-refractivity contribution in [2.24, 2.45) is 5.73 Å². The Kier molecular flexibility index (Phi) is 7.39. The van der Waals surface area contributed by atoms with Crippen LogP contribution in [0.1, 0.15) is 65.2 Å². The molecule has 0 saturated carbocycles. The fraction of sp³-hybridized carbons (Fsp3) is 0.933. The van der Waals surface area contributed by atoms with E-state index < -0.39 is 5.54 Å². The molecule has 0 aliphatic carbocycles. The van der Waals surface area contributed by atoms with Gasteiger partial charge >= 0.3 is 0 Å². The van der Waals surface area contributed by atoms with Gasteiger partial charge in [0.2, 0.25) is 5.91 Å². The summed E-state index contributed by atoms with van der Waals surface area (Å²) in [5.41, 5.74) is 4.97. The number of nitrogens with one attached hydrogen (secondary N) is 1. The second kappa shape index (κ2) is 8.54. The number of nitrogens with two attached hydrogens (primary N) is 1. The van der Waals surface area contributed by atoms with Crippen LogP contribution in [-0.2, 0) is 9.53 Å². The molecular weight excluding hydrogens is 240 g/mol. The van der Waals surface area contributed by atoms with Gasteiger partial charge in [-0.25, -0.2) is 0 Å². The first-order valence-electron chi connectivity index (χ1n) is 7.75. The number of hydrogen-bond acceptors (Lipinski definition) is 3. The fourth-order valence-electron chi connectivity index (χ4n) is 2.53. The normalized spacial score (nSPS) is 22.3. The lowest BCUT2D eigenvalue weighted by molar-refractivity contribution is -0.124. The number of hydrogen-bond donors (Lipinski definition) is 2. The molecule has 1 fully saturated rings. The van der Waals surface area contributed by atoms with Gasteiger partial charge in [-0.15, -0.1) is 0 Å². The zero-order valence-electron chi connectivity index (χ0n) is 12.5. The summed E-state index contributed by atoms with van der Waals surface area (Å²) < 4.78 is 5.57. The molecule has 0 aromatic rings. The minimum absolute atomic E-state index is 0.249. The fourth-order valence-corrected chi connectivity index (χ4v) is 2.53. The van der Waals surface area contributed by atoms with Crippen LogP contribution in [0.5, 0.6) is 0 Å². The molecule has 4 heteroatoms. The smallest absolute Gasteiger partial charge is 0.237 e. The Labute approximate surface area is 117 Å². The van der Waals surface area contributed by atoms with Gasteiger partial charge in [0.25, 0.3) is 0 Å². The summed E-state index contributed by atoms with van der Waals surface area (Å²) in [6.07, 6.45) is 9.26. The summed E-state index contributed by atoms with van der Waals surface area (Å²) in [6.45, 7) is 5.70. The van der Waals surface area contributed by atoms with Crippen LogP contribution < -0.4 is 11.1 Å². The standard InChI is InChI=1S/C15H30N2O2/c1-3-4-5-6-7-10-15(2,14(16)18)17-12-13-9-8-11-19-13/h13,17H,3-12H2,1-2H3,(H2,16,18). The minimum Gasteiger partial charge on any atom is -0.377 e. The molecule has 1 saturated heterocycles. The zero-order chi connectivity index (χ0) is 14.1. The number of ether oxygens (including phenoxy) is 1. The van der Waals surface area contributed by atoms with Crippen LogP contribution in [0.25, 0.3) is 0 Å². The van der Waals surface area contributed by atoms with Crippen molar-refractivity contribution in [1.82, 2.24) is 5.32 Å². The van der Waals surface area contributed by atoms with Crippen molar-refractivity contribution in [2.75, 3.05) is 13.2 Å². The number of carbonyl (C=O) groups is 1. The Balaban J connectivity index is 2.28. The summed E-state index contributed by atoms with van der Waals surface area (Å²) >= 11 is 0. The van der Waals surface area contributed by atoms with E-state index >= 15 is 0 Å². The maximum Gasteiger partial charge on any atom is 0.237 e. The molecule has 1 heterocycles. The van der Waals surface area contributed by atoms with E-state index in [1.807, 2.05) is 6.92 Å². The molecule has 1 amide bonds. The molecule has 0 spiro atoms. The number of primary amides is 1. The lowest BCUT2D eigenvalue weighted by Gasteiger charge is -2.29. The maximum absolute atomic E-state index is 11.7. The molecule has 112 valence electrons. The van der Waals surface area contributed by atoms with E-state index in [0.29, 0.717) is 0 Å². The highest BCUT2D eigenvalue weighted by Gasteiger charge is 2.31. The van der Waals surface area contributed by atoms with E-state index in [2.05, 4.69) is 12.2 Å². The molecule has 0 aromatic heterocycles. The largest absolute Gasteiger partial charge is 0.377 e. The summed E-state index contributed by atoms with van der Waals surface area (Å²) in [7, 11) is 0. The van der Waals surface area contributed by atoms with E-state index in [9.17, 15) is 4.79 Å². The second-order valence-electron chi connectivity index (χ2n) is 5.88. The number of amides is 1. The van der Waals surface area contributed by atoms with Crippen molar-refractivity contribution < 1.29 is 9.53 Å². The topological polar surface area (TPSA) is 64.3 Å². The molecule has 3 N–H and O–H groups in total. The molecule has 19 heavy (non-hydrogen) atoms. The predicted octanol–water partition coefficient (Wildman–Crippen LogP) is 2.36. The van der Waals surface area contributed by atoms with Gasteiger partial charge in [-0.2, -0.15) is 0 Å². The third-order valence-corrected chi connectivity index (χ3v) is 4.07. The molecule has 2 atom stereocenters. The van der Waals surface area contributed by atoms with Gasteiger partial charge < -0.3 is 15.8 Å². The second-order valence-corrected chi connectivity index (χ2v) is 5.88. The average molecular weight is 270 g/mol. The third kappa shape index (κ3) is 5.91. The van der Waals surface area contributed by atoms with Crippen molar-refractivity contribution >= 4 is 5.91 Å². The SMILES string of the molecule is CCCCCCCC(C)(NCC1CCCO1)C(N)=O. The molecule has 4 nitrogen and oxygen atoms in total. The molecule has 0 radical (unpaired) electrons.